The van der Waals surface area contributed by atoms with E-state index in [0.29, 0.717) is 25.6 Å². The third-order valence-corrected chi connectivity index (χ3v) is 3.91. The van der Waals surface area contributed by atoms with Crippen molar-refractivity contribution in [3.8, 4) is 11.5 Å². The number of nitrogens with one attached hydrogen (secondary N) is 1. The largest absolute Gasteiger partial charge is 0.486 e. The van der Waals surface area contributed by atoms with Crippen LogP contribution in [0.5, 0.6) is 11.5 Å². The minimum absolute atomic E-state index is 0.0772. The zero-order valence-electron chi connectivity index (χ0n) is 13.6. The average Bonchev–Trinajstić information content (AvgIpc) is 2.60. The first-order chi connectivity index (χ1) is 11.5. The summed E-state index contributed by atoms with van der Waals surface area (Å²) in [6, 6.07) is 5.94. The van der Waals surface area contributed by atoms with Crippen LogP contribution in [0.2, 0.25) is 0 Å². The first-order valence-corrected chi connectivity index (χ1v) is 7.65. The van der Waals surface area contributed by atoms with Crippen molar-refractivity contribution in [3.63, 3.8) is 0 Å². The van der Waals surface area contributed by atoms with Crippen LogP contribution in [0, 0.1) is 0 Å². The second-order valence-electron chi connectivity index (χ2n) is 6.19. The number of hydrogen-bond acceptors (Lipinski definition) is 6. The summed E-state index contributed by atoms with van der Waals surface area (Å²) in [6.45, 7) is 5.94. The molecule has 2 N–H and O–H groups in total. The van der Waals surface area contributed by atoms with E-state index in [9.17, 15) is 4.79 Å². The molecule has 3 rings (SSSR count). The van der Waals surface area contributed by atoms with E-state index in [2.05, 4.69) is 29.1 Å². The zero-order chi connectivity index (χ0) is 17.2. The van der Waals surface area contributed by atoms with Crippen LogP contribution in [-0.2, 0) is 5.41 Å². The molecule has 0 atom stereocenters. The highest BCUT2D eigenvalue weighted by molar-refractivity contribution is 5.84. The van der Waals surface area contributed by atoms with E-state index in [1.807, 2.05) is 18.2 Å². The molecule has 1 aromatic carbocycles. The fourth-order valence-electron chi connectivity index (χ4n) is 2.41. The van der Waals surface area contributed by atoms with E-state index in [4.69, 9.17) is 14.6 Å². The number of carboxylic acids is 1. The van der Waals surface area contributed by atoms with Crippen molar-refractivity contribution in [2.45, 2.75) is 19.3 Å². The lowest BCUT2D eigenvalue weighted by Gasteiger charge is -2.28. The quantitative estimate of drug-likeness (QED) is 0.869. The summed E-state index contributed by atoms with van der Waals surface area (Å²) in [6.07, 6.45) is 2.66. The highest BCUT2D eigenvalue weighted by atomic mass is 16.6. The third-order valence-electron chi connectivity index (χ3n) is 3.91. The van der Waals surface area contributed by atoms with Crippen LogP contribution in [0.4, 0.5) is 5.82 Å². The molecule has 7 nitrogen and oxygen atoms in total. The molecular weight excluding hydrogens is 310 g/mol. The second-order valence-corrected chi connectivity index (χ2v) is 6.19. The Kier molecular flexibility index (Phi) is 4.24. The minimum Gasteiger partial charge on any atom is -0.486 e. The summed E-state index contributed by atoms with van der Waals surface area (Å²) >= 11 is 0. The van der Waals surface area contributed by atoms with Crippen LogP contribution in [0.1, 0.15) is 29.9 Å². The molecule has 1 aromatic heterocycles. The van der Waals surface area contributed by atoms with Gasteiger partial charge in [-0.2, -0.15) is 0 Å². The lowest BCUT2D eigenvalue weighted by atomic mass is 9.84. The van der Waals surface area contributed by atoms with Crippen LogP contribution in [0.3, 0.4) is 0 Å². The van der Waals surface area contributed by atoms with Gasteiger partial charge in [-0.1, -0.05) is 19.9 Å². The molecule has 0 saturated heterocycles. The first kappa shape index (κ1) is 16.0. The van der Waals surface area contributed by atoms with E-state index in [1.54, 1.807) is 0 Å². The van der Waals surface area contributed by atoms with E-state index in [-0.39, 0.29) is 11.1 Å². The third kappa shape index (κ3) is 3.40. The van der Waals surface area contributed by atoms with Gasteiger partial charge >= 0.3 is 5.97 Å². The first-order valence-electron chi connectivity index (χ1n) is 7.65. The van der Waals surface area contributed by atoms with Crippen LogP contribution >= 0.6 is 0 Å². The lowest BCUT2D eigenvalue weighted by molar-refractivity contribution is 0.0690. The van der Waals surface area contributed by atoms with Gasteiger partial charge in [0.05, 0.1) is 12.4 Å². The maximum atomic E-state index is 10.8. The van der Waals surface area contributed by atoms with Gasteiger partial charge in [0.1, 0.15) is 19.0 Å². The number of benzene rings is 1. The molecule has 24 heavy (non-hydrogen) atoms. The van der Waals surface area contributed by atoms with Crippen LogP contribution in [0.15, 0.2) is 30.6 Å². The zero-order valence-corrected chi connectivity index (χ0v) is 13.6. The normalized spacial score (nSPS) is 13.4. The van der Waals surface area contributed by atoms with Gasteiger partial charge in [0, 0.05) is 12.0 Å². The predicted molar refractivity (Wildman–Crippen MR) is 87.9 cm³/mol. The Balaban J connectivity index is 1.70. The Bertz CT molecular complexity index is 744. The Hall–Kier alpha value is -2.83. The number of carbonyl (C=O) groups is 1. The van der Waals surface area contributed by atoms with Gasteiger partial charge in [-0.05, 0) is 17.7 Å². The van der Waals surface area contributed by atoms with Crippen molar-refractivity contribution in [1.82, 2.24) is 9.97 Å². The van der Waals surface area contributed by atoms with Gasteiger partial charge < -0.3 is 19.9 Å². The molecule has 0 radical (unpaired) electrons. The summed E-state index contributed by atoms with van der Waals surface area (Å²) in [7, 11) is 0. The number of anilines is 1. The molecule has 1 aliphatic rings. The minimum atomic E-state index is -1.09. The number of fused-ring (bicyclic) bond motifs is 1. The fourth-order valence-corrected chi connectivity index (χ4v) is 2.41. The highest BCUT2D eigenvalue weighted by Crippen LogP contribution is 2.35. The van der Waals surface area contributed by atoms with E-state index >= 15 is 0 Å². The maximum Gasteiger partial charge on any atom is 0.356 e. The van der Waals surface area contributed by atoms with Crippen molar-refractivity contribution < 1.29 is 19.4 Å². The van der Waals surface area contributed by atoms with Crippen molar-refractivity contribution >= 4 is 11.8 Å². The summed E-state index contributed by atoms with van der Waals surface area (Å²) in [5.74, 6) is 0.970. The number of rotatable bonds is 5. The van der Waals surface area contributed by atoms with Gasteiger partial charge in [0.25, 0.3) is 0 Å². The van der Waals surface area contributed by atoms with Gasteiger partial charge in [-0.15, -0.1) is 0 Å². The highest BCUT2D eigenvalue weighted by Gasteiger charge is 2.23. The number of carboxylic acid groups (broad SMARTS) is 1. The van der Waals surface area contributed by atoms with Gasteiger partial charge in [-0.3, -0.25) is 0 Å². The number of hydrogen-bond donors (Lipinski definition) is 2. The summed E-state index contributed by atoms with van der Waals surface area (Å²) in [5, 5.41) is 12.0. The second kappa shape index (κ2) is 6.35. The molecule has 2 aromatic rings. The van der Waals surface area contributed by atoms with Crippen molar-refractivity contribution in [2.75, 3.05) is 25.1 Å². The van der Waals surface area contributed by atoms with E-state index in [1.165, 1.54) is 12.4 Å². The lowest BCUT2D eigenvalue weighted by Crippen LogP contribution is -2.28. The van der Waals surface area contributed by atoms with E-state index in [0.717, 1.165) is 17.1 Å². The van der Waals surface area contributed by atoms with Gasteiger partial charge in [0.2, 0.25) is 0 Å². The molecule has 0 unspecified atom stereocenters. The molecule has 126 valence electrons. The maximum absolute atomic E-state index is 10.8. The molecule has 0 saturated carbocycles. The Morgan fingerprint density at radius 1 is 1.21 bits per heavy atom. The molecule has 0 bridgehead atoms. The fraction of sp³-hybridized carbons (Fsp3) is 0.353. The molecule has 0 amide bonds. The van der Waals surface area contributed by atoms with Crippen LogP contribution in [0.25, 0.3) is 0 Å². The molecule has 1 aliphatic heterocycles. The molecule has 7 heteroatoms. The van der Waals surface area contributed by atoms with E-state index < -0.39 is 5.97 Å². The Labute approximate surface area is 139 Å². The monoisotopic (exact) mass is 329 g/mol. The number of aromatic nitrogens is 2. The van der Waals surface area contributed by atoms with Crippen molar-refractivity contribution in [3.05, 3.63) is 41.9 Å². The van der Waals surface area contributed by atoms with Crippen LogP contribution < -0.4 is 14.8 Å². The topological polar surface area (TPSA) is 93.6 Å². The molecule has 0 aliphatic carbocycles. The predicted octanol–water partition coefficient (Wildman–Crippen LogP) is 2.34. The van der Waals surface area contributed by atoms with Crippen molar-refractivity contribution in [2.24, 2.45) is 0 Å². The summed E-state index contributed by atoms with van der Waals surface area (Å²) in [5.41, 5.74) is 0.837. The SMILES string of the molecule is CC(C)(CNc1cnc(C(=O)O)cn1)c1ccc2c(c1)OCCO2. The average molecular weight is 329 g/mol. The molecular formula is C17H19N3O4. The summed E-state index contributed by atoms with van der Waals surface area (Å²) in [4.78, 5) is 18.7. The number of nitrogens with zero attached hydrogens (tertiary/aromatic N) is 2. The number of aromatic carboxylic acids is 1. The standard InChI is InChI=1S/C17H19N3O4/c1-17(2,10-20-15-9-18-12(8-19-15)16(21)22)11-3-4-13-14(7-11)24-6-5-23-13/h3-4,7-9H,5-6,10H2,1-2H3,(H,19,20)(H,21,22). The van der Waals surface area contributed by atoms with Gasteiger partial charge in [-0.25, -0.2) is 14.8 Å². The number of ether oxygens (including phenoxy) is 2. The van der Waals surface area contributed by atoms with Gasteiger partial charge in [0.15, 0.2) is 17.2 Å². The smallest absolute Gasteiger partial charge is 0.356 e. The molecule has 0 fully saturated rings. The van der Waals surface area contributed by atoms with Crippen molar-refractivity contribution in [1.29, 1.82) is 0 Å². The Morgan fingerprint density at radius 2 is 1.96 bits per heavy atom. The molecule has 0 spiro atoms. The van der Waals surface area contributed by atoms with Crippen LogP contribution in [-0.4, -0.2) is 40.8 Å². The molecule has 2 heterocycles. The summed E-state index contributed by atoms with van der Waals surface area (Å²) < 4.78 is 11.2. The Morgan fingerprint density at radius 3 is 2.62 bits per heavy atom.